The van der Waals surface area contributed by atoms with E-state index in [1.54, 1.807) is 6.92 Å². The third kappa shape index (κ3) is 4.69. The maximum absolute atomic E-state index is 13.3. The van der Waals surface area contributed by atoms with Crippen LogP contribution in [0, 0.1) is 11.8 Å². The van der Waals surface area contributed by atoms with Gasteiger partial charge in [-0.1, -0.05) is 31.9 Å². The van der Waals surface area contributed by atoms with Crippen molar-refractivity contribution in [2.45, 2.75) is 94.1 Å². The van der Waals surface area contributed by atoms with E-state index < -0.39 is 44.3 Å². The summed E-state index contributed by atoms with van der Waals surface area (Å²) >= 11 is 0. The van der Waals surface area contributed by atoms with Gasteiger partial charge in [0.1, 0.15) is 11.6 Å². The van der Waals surface area contributed by atoms with E-state index in [2.05, 4.69) is 10.0 Å². The largest absolute Gasteiger partial charge is 0.391 e. The van der Waals surface area contributed by atoms with Crippen LogP contribution in [0.15, 0.2) is 12.2 Å². The Morgan fingerprint density at radius 2 is 1.97 bits per heavy atom. The molecule has 4 aliphatic rings. The van der Waals surface area contributed by atoms with Gasteiger partial charge in [0, 0.05) is 24.8 Å². The van der Waals surface area contributed by atoms with Gasteiger partial charge in [0.05, 0.1) is 10.9 Å². The zero-order chi connectivity index (χ0) is 24.0. The first kappa shape index (κ1) is 24.2. The molecule has 0 aromatic heterocycles. The summed E-state index contributed by atoms with van der Waals surface area (Å²) in [6.07, 6.45) is 8.81. The molecule has 184 valence electrons. The molecule has 3 fully saturated rings. The van der Waals surface area contributed by atoms with E-state index in [4.69, 9.17) is 0 Å². The summed E-state index contributed by atoms with van der Waals surface area (Å²) in [7, 11) is -3.85. The number of allylic oxidation sites excluding steroid dienone is 1. The second-order valence-corrected chi connectivity index (χ2v) is 12.7. The van der Waals surface area contributed by atoms with Crippen LogP contribution in [0.25, 0.3) is 0 Å². The van der Waals surface area contributed by atoms with Crippen molar-refractivity contribution in [1.29, 1.82) is 0 Å². The van der Waals surface area contributed by atoms with Gasteiger partial charge < -0.3 is 15.3 Å². The number of hydrogen-bond acceptors (Lipinski definition) is 6. The number of aliphatic hydroxyl groups excluding tert-OH is 1. The number of nitrogens with zero attached hydrogens (tertiary/aromatic N) is 1. The Labute approximate surface area is 195 Å². The fourth-order valence-corrected chi connectivity index (χ4v) is 6.24. The number of amides is 3. The lowest BCUT2D eigenvalue weighted by Gasteiger charge is -2.28. The standard InChI is InChI=1S/C23H35N3O6S/c1-15-8-6-4-3-5-7-9-16-13-23(16,21(30)25-33(31,32)22(2)10-11-22)24-19(28)18-12-17(27)14-26(18)20(15)29/h7,9,15-18,27H,3-6,8,10-14H2,1-2H3,(H,24,28)(H,25,30)/b9-7-/t15-,16+,17+,18-,23+/m0/s1. The summed E-state index contributed by atoms with van der Waals surface area (Å²) in [4.78, 5) is 40.9. The van der Waals surface area contributed by atoms with E-state index in [1.165, 1.54) is 4.90 Å². The van der Waals surface area contributed by atoms with E-state index in [-0.39, 0.29) is 30.7 Å². The van der Waals surface area contributed by atoms with Gasteiger partial charge in [0.25, 0.3) is 5.91 Å². The molecule has 0 unspecified atom stereocenters. The number of nitrogens with one attached hydrogen (secondary N) is 2. The number of carbonyl (C=O) groups excluding carboxylic acids is 3. The van der Waals surface area contributed by atoms with Crippen molar-refractivity contribution in [3.05, 3.63) is 12.2 Å². The smallest absolute Gasteiger partial charge is 0.259 e. The first-order valence-corrected chi connectivity index (χ1v) is 13.5. The SMILES string of the molecule is C[C@H]1CCCCC/C=C\[C@@H]2C[C@@]2(C(=O)NS(=O)(=O)C2(C)CC2)NC(=O)[C@@H]2C[C@@H](O)CN2C1=O. The molecule has 0 aromatic carbocycles. The molecule has 3 amide bonds. The summed E-state index contributed by atoms with van der Waals surface area (Å²) in [5, 5.41) is 13.0. The number of fused-ring (bicyclic) bond motifs is 2. The van der Waals surface area contributed by atoms with Crippen LogP contribution in [0.4, 0.5) is 0 Å². The molecule has 10 heteroatoms. The fourth-order valence-electron chi connectivity index (χ4n) is 4.93. The molecule has 0 spiro atoms. The second-order valence-electron chi connectivity index (χ2n) is 10.5. The minimum absolute atomic E-state index is 0.0799. The first-order chi connectivity index (χ1) is 15.5. The maximum Gasteiger partial charge on any atom is 0.259 e. The Morgan fingerprint density at radius 1 is 1.24 bits per heavy atom. The van der Waals surface area contributed by atoms with Gasteiger partial charge in [0.15, 0.2) is 0 Å². The van der Waals surface area contributed by atoms with Crippen molar-refractivity contribution in [3.8, 4) is 0 Å². The van der Waals surface area contributed by atoms with Crippen molar-refractivity contribution in [2.75, 3.05) is 6.54 Å². The zero-order valence-electron chi connectivity index (χ0n) is 19.4. The number of rotatable bonds is 3. The van der Waals surface area contributed by atoms with Crippen molar-refractivity contribution >= 4 is 27.7 Å². The van der Waals surface area contributed by atoms with Gasteiger partial charge in [-0.15, -0.1) is 0 Å². The Bertz CT molecular complexity index is 959. The number of carbonyl (C=O) groups is 3. The van der Waals surface area contributed by atoms with Crippen LogP contribution in [0.2, 0.25) is 0 Å². The van der Waals surface area contributed by atoms with Crippen LogP contribution in [-0.4, -0.2) is 65.1 Å². The van der Waals surface area contributed by atoms with Gasteiger partial charge in [-0.05, 0) is 45.4 Å². The molecule has 5 atom stereocenters. The Hall–Kier alpha value is -1.94. The first-order valence-electron chi connectivity index (χ1n) is 12.0. The minimum atomic E-state index is -3.85. The van der Waals surface area contributed by atoms with Gasteiger partial charge in [-0.2, -0.15) is 0 Å². The number of sulfonamides is 1. The van der Waals surface area contributed by atoms with E-state index in [1.807, 2.05) is 19.1 Å². The van der Waals surface area contributed by atoms with Crippen LogP contribution in [0.3, 0.4) is 0 Å². The molecule has 2 aliphatic heterocycles. The van der Waals surface area contributed by atoms with Crippen LogP contribution < -0.4 is 10.0 Å². The van der Waals surface area contributed by atoms with Crippen molar-refractivity contribution < 1.29 is 27.9 Å². The highest BCUT2D eigenvalue weighted by molar-refractivity contribution is 7.91. The lowest BCUT2D eigenvalue weighted by molar-refractivity contribution is -0.142. The van der Waals surface area contributed by atoms with E-state index in [0.717, 1.165) is 32.1 Å². The van der Waals surface area contributed by atoms with Gasteiger partial charge >= 0.3 is 0 Å². The molecule has 2 aliphatic carbocycles. The molecule has 2 saturated carbocycles. The molecule has 0 bridgehead atoms. The molecule has 33 heavy (non-hydrogen) atoms. The molecule has 1 saturated heterocycles. The molecule has 9 nitrogen and oxygen atoms in total. The van der Waals surface area contributed by atoms with Crippen molar-refractivity contribution in [1.82, 2.24) is 14.9 Å². The van der Waals surface area contributed by atoms with Crippen LogP contribution in [-0.2, 0) is 24.4 Å². The highest BCUT2D eigenvalue weighted by atomic mass is 32.2. The summed E-state index contributed by atoms with van der Waals surface area (Å²) in [6, 6.07) is -0.882. The van der Waals surface area contributed by atoms with E-state index in [0.29, 0.717) is 19.3 Å². The quantitative estimate of drug-likeness (QED) is 0.515. The Morgan fingerprint density at radius 3 is 2.67 bits per heavy atom. The lowest BCUT2D eigenvalue weighted by Crippen LogP contribution is -2.57. The maximum atomic E-state index is 13.3. The summed E-state index contributed by atoms with van der Waals surface area (Å²) in [6.45, 7) is 3.52. The molecule has 0 aromatic rings. The van der Waals surface area contributed by atoms with E-state index >= 15 is 0 Å². The predicted octanol–water partition coefficient (Wildman–Crippen LogP) is 0.978. The highest BCUT2D eigenvalue weighted by Crippen LogP contribution is 2.47. The topological polar surface area (TPSA) is 133 Å². The molecule has 0 radical (unpaired) electrons. The fraction of sp³-hybridized carbons (Fsp3) is 0.783. The van der Waals surface area contributed by atoms with Crippen molar-refractivity contribution in [2.24, 2.45) is 11.8 Å². The third-order valence-electron chi connectivity index (χ3n) is 7.76. The molecule has 4 rings (SSSR count). The zero-order valence-corrected chi connectivity index (χ0v) is 20.2. The van der Waals surface area contributed by atoms with Crippen LogP contribution in [0.5, 0.6) is 0 Å². The lowest BCUT2D eigenvalue weighted by atomic mass is 10.0. The molecular weight excluding hydrogens is 446 g/mol. The normalized spacial score (nSPS) is 37.6. The van der Waals surface area contributed by atoms with Gasteiger partial charge in [0.2, 0.25) is 21.8 Å². The number of hydrogen-bond donors (Lipinski definition) is 3. The monoisotopic (exact) mass is 481 g/mol. The average molecular weight is 482 g/mol. The van der Waals surface area contributed by atoms with Gasteiger partial charge in [-0.3, -0.25) is 19.1 Å². The Balaban J connectivity index is 1.58. The Kier molecular flexibility index (Phi) is 6.37. The summed E-state index contributed by atoms with van der Waals surface area (Å²) < 4.78 is 26.6. The average Bonchev–Trinajstić information content (AvgIpc) is 3.62. The van der Waals surface area contributed by atoms with Crippen LogP contribution in [0.1, 0.15) is 71.6 Å². The highest BCUT2D eigenvalue weighted by Gasteiger charge is 2.63. The minimum Gasteiger partial charge on any atom is -0.391 e. The third-order valence-corrected chi connectivity index (χ3v) is 9.92. The van der Waals surface area contributed by atoms with Crippen LogP contribution >= 0.6 is 0 Å². The van der Waals surface area contributed by atoms with Crippen molar-refractivity contribution in [3.63, 3.8) is 0 Å². The molecular formula is C23H35N3O6S. The molecule has 3 N–H and O–H groups in total. The predicted molar refractivity (Wildman–Crippen MR) is 121 cm³/mol. The second kappa shape index (κ2) is 8.69. The van der Waals surface area contributed by atoms with Gasteiger partial charge in [-0.25, -0.2) is 8.42 Å². The summed E-state index contributed by atoms with van der Waals surface area (Å²) in [5.41, 5.74) is -1.36. The van der Waals surface area contributed by atoms with E-state index in [9.17, 15) is 27.9 Å². The summed E-state index contributed by atoms with van der Waals surface area (Å²) in [5.74, 6) is -2.00. The molecule has 2 heterocycles. The number of aliphatic hydroxyl groups is 1.